The Morgan fingerprint density at radius 1 is 1.17 bits per heavy atom. The van der Waals surface area contributed by atoms with Crippen LogP contribution in [0.4, 0.5) is 0 Å². The van der Waals surface area contributed by atoms with Crippen LogP contribution in [-0.4, -0.2) is 47.5 Å². The zero-order valence-electron chi connectivity index (χ0n) is 19.7. The second kappa shape index (κ2) is 10.1. The number of piperidine rings is 1. The average Bonchev–Trinajstić information content (AvgIpc) is 3.51. The van der Waals surface area contributed by atoms with Crippen molar-refractivity contribution in [2.24, 2.45) is 0 Å². The smallest absolute Gasteiger partial charge is 0.253 e. The molecule has 0 unspecified atom stereocenters. The lowest BCUT2D eigenvalue weighted by Crippen LogP contribution is -2.51. The van der Waals surface area contributed by atoms with Crippen LogP contribution in [0.25, 0.3) is 6.08 Å². The molecule has 7 heteroatoms. The summed E-state index contributed by atoms with van der Waals surface area (Å²) in [6.07, 6.45) is 8.15. The highest BCUT2D eigenvalue weighted by molar-refractivity contribution is 7.10. The largest absolute Gasteiger partial charge is 0.375 e. The molecule has 35 heavy (non-hydrogen) atoms. The van der Waals surface area contributed by atoms with Crippen molar-refractivity contribution < 1.29 is 14.3 Å². The average molecular weight is 488 g/mol. The van der Waals surface area contributed by atoms with Gasteiger partial charge in [-0.25, -0.2) is 0 Å². The van der Waals surface area contributed by atoms with E-state index in [-0.39, 0.29) is 29.4 Å². The van der Waals surface area contributed by atoms with Crippen LogP contribution >= 0.6 is 11.3 Å². The summed E-state index contributed by atoms with van der Waals surface area (Å²) < 4.78 is 6.37. The highest BCUT2D eigenvalue weighted by Gasteiger charge is 2.54. The van der Waals surface area contributed by atoms with E-state index in [1.165, 1.54) is 5.56 Å². The van der Waals surface area contributed by atoms with E-state index >= 15 is 0 Å². The van der Waals surface area contributed by atoms with Crippen molar-refractivity contribution in [3.05, 3.63) is 93.9 Å². The standard InChI is InChI=1S/C28H29N3O3S/c1-2-34-26-25(30-27(33)20-7-5-15-29-19-20)22-9-3-4-10-23(22)28(26)13-16-31(17-14-28)24(32)12-11-21-8-6-18-35-21/h3-12,15,18-19,25-26H,2,13-14,16-17H2,1H3,(H,30,33)/b12-11+/t25-,26+/m0/s1. The van der Waals surface area contributed by atoms with E-state index < -0.39 is 0 Å². The van der Waals surface area contributed by atoms with Gasteiger partial charge in [-0.05, 0) is 60.5 Å². The number of nitrogens with one attached hydrogen (secondary N) is 1. The van der Waals surface area contributed by atoms with Gasteiger partial charge in [0.15, 0.2) is 0 Å². The number of rotatable bonds is 6. The Kier molecular flexibility index (Phi) is 6.79. The SMILES string of the molecule is CCO[C@@H]1[C@@H](NC(=O)c2cccnc2)c2ccccc2C12CCN(C(=O)/C=C/c1cccs1)CC2. The number of carbonyl (C=O) groups excluding carboxylic acids is 2. The molecule has 5 rings (SSSR count). The number of ether oxygens (including phenoxy) is 1. The molecule has 2 aliphatic rings. The number of aromatic nitrogens is 1. The second-order valence-electron chi connectivity index (χ2n) is 8.99. The first-order valence-electron chi connectivity index (χ1n) is 12.0. The molecule has 0 radical (unpaired) electrons. The summed E-state index contributed by atoms with van der Waals surface area (Å²) in [5.74, 6) is -0.125. The maximum Gasteiger partial charge on any atom is 0.253 e. The molecule has 0 bridgehead atoms. The number of hydrogen-bond acceptors (Lipinski definition) is 5. The highest BCUT2D eigenvalue weighted by atomic mass is 32.1. The number of fused-ring (bicyclic) bond motifs is 2. The second-order valence-corrected chi connectivity index (χ2v) is 9.97. The monoisotopic (exact) mass is 487 g/mol. The molecule has 1 aromatic carbocycles. The minimum absolute atomic E-state index is 0.0360. The number of carbonyl (C=O) groups is 2. The molecule has 180 valence electrons. The molecule has 1 N–H and O–H groups in total. The quantitative estimate of drug-likeness (QED) is 0.516. The van der Waals surface area contributed by atoms with Gasteiger partial charge in [0.25, 0.3) is 5.91 Å². The van der Waals surface area contributed by atoms with Crippen LogP contribution in [0.5, 0.6) is 0 Å². The molecule has 1 aliphatic heterocycles. The van der Waals surface area contributed by atoms with Crippen LogP contribution in [0.3, 0.4) is 0 Å². The van der Waals surface area contributed by atoms with Crippen LogP contribution in [0.2, 0.25) is 0 Å². The summed E-state index contributed by atoms with van der Waals surface area (Å²) in [6, 6.07) is 15.6. The van der Waals surface area contributed by atoms with Gasteiger partial charge in [-0.2, -0.15) is 0 Å². The van der Waals surface area contributed by atoms with Crippen molar-refractivity contribution in [2.45, 2.75) is 37.3 Å². The van der Waals surface area contributed by atoms with E-state index in [4.69, 9.17) is 4.74 Å². The Morgan fingerprint density at radius 2 is 2.00 bits per heavy atom. The third-order valence-corrected chi connectivity index (χ3v) is 7.97. The predicted octanol–water partition coefficient (Wildman–Crippen LogP) is 4.61. The number of likely N-dealkylation sites (tertiary alicyclic amines) is 1. The van der Waals surface area contributed by atoms with Crippen LogP contribution in [0.15, 0.2) is 72.4 Å². The molecule has 2 aromatic heterocycles. The fourth-order valence-electron chi connectivity index (χ4n) is 5.49. The van der Waals surface area contributed by atoms with Gasteiger partial charge in [0.2, 0.25) is 5.91 Å². The van der Waals surface area contributed by atoms with Crippen molar-refractivity contribution in [1.82, 2.24) is 15.2 Å². The van der Waals surface area contributed by atoms with Crippen LogP contribution in [0, 0.1) is 0 Å². The zero-order chi connectivity index (χ0) is 24.3. The number of nitrogens with zero attached hydrogens (tertiary/aromatic N) is 2. The maximum atomic E-state index is 13.1. The zero-order valence-corrected chi connectivity index (χ0v) is 20.5. The van der Waals surface area contributed by atoms with Crippen LogP contribution in [0.1, 0.15) is 52.2 Å². The lowest BCUT2D eigenvalue weighted by Gasteiger charge is -2.44. The van der Waals surface area contributed by atoms with E-state index in [1.54, 1.807) is 41.9 Å². The Hall–Kier alpha value is -3.29. The Labute approximate surface area is 209 Å². The molecule has 1 saturated heterocycles. The van der Waals surface area contributed by atoms with Crippen molar-refractivity contribution in [2.75, 3.05) is 19.7 Å². The lowest BCUT2D eigenvalue weighted by atomic mass is 9.71. The molecular formula is C28H29N3O3S. The van der Waals surface area contributed by atoms with Gasteiger partial charge in [0, 0.05) is 48.5 Å². The third-order valence-electron chi connectivity index (χ3n) is 7.14. The summed E-state index contributed by atoms with van der Waals surface area (Å²) in [4.78, 5) is 33.0. The van der Waals surface area contributed by atoms with Crippen molar-refractivity contribution in [3.63, 3.8) is 0 Å². The van der Waals surface area contributed by atoms with Gasteiger partial charge >= 0.3 is 0 Å². The minimum Gasteiger partial charge on any atom is -0.375 e. The fraction of sp³-hybridized carbons (Fsp3) is 0.321. The molecule has 1 spiro atoms. The highest BCUT2D eigenvalue weighted by Crippen LogP contribution is 2.52. The van der Waals surface area contributed by atoms with Crippen molar-refractivity contribution in [3.8, 4) is 0 Å². The summed E-state index contributed by atoms with van der Waals surface area (Å²) >= 11 is 1.62. The minimum atomic E-state index is -0.264. The first-order chi connectivity index (χ1) is 17.1. The van der Waals surface area contributed by atoms with E-state index in [2.05, 4.69) is 28.5 Å². The van der Waals surface area contributed by atoms with Gasteiger partial charge in [-0.15, -0.1) is 11.3 Å². The van der Waals surface area contributed by atoms with E-state index in [9.17, 15) is 9.59 Å². The molecular weight excluding hydrogens is 458 g/mol. The first kappa shape index (κ1) is 23.5. The maximum absolute atomic E-state index is 13.1. The van der Waals surface area contributed by atoms with Gasteiger partial charge in [0.1, 0.15) is 0 Å². The predicted molar refractivity (Wildman–Crippen MR) is 137 cm³/mol. The summed E-state index contributed by atoms with van der Waals surface area (Å²) in [7, 11) is 0. The third kappa shape index (κ3) is 4.54. The van der Waals surface area contributed by atoms with E-state index in [0.29, 0.717) is 25.3 Å². The Morgan fingerprint density at radius 3 is 2.71 bits per heavy atom. The Bertz CT molecular complexity index is 1200. The molecule has 2 atom stereocenters. The first-order valence-corrected chi connectivity index (χ1v) is 12.9. The summed E-state index contributed by atoms with van der Waals surface area (Å²) in [5.41, 5.74) is 2.59. The summed E-state index contributed by atoms with van der Waals surface area (Å²) in [6.45, 7) is 3.83. The molecule has 3 aromatic rings. The normalized spacial score (nSPS) is 20.8. The number of hydrogen-bond donors (Lipinski definition) is 1. The molecule has 0 saturated carbocycles. The van der Waals surface area contributed by atoms with Crippen molar-refractivity contribution >= 4 is 29.2 Å². The number of thiophene rings is 1. The molecule has 2 amide bonds. The lowest BCUT2D eigenvalue weighted by molar-refractivity contribution is -0.128. The van der Waals surface area contributed by atoms with Crippen LogP contribution in [-0.2, 0) is 14.9 Å². The number of pyridine rings is 1. The molecule has 1 fully saturated rings. The van der Waals surface area contributed by atoms with Crippen molar-refractivity contribution in [1.29, 1.82) is 0 Å². The molecule has 6 nitrogen and oxygen atoms in total. The molecule has 1 aliphatic carbocycles. The number of benzene rings is 1. The van der Waals surface area contributed by atoms with Gasteiger partial charge in [-0.3, -0.25) is 14.6 Å². The summed E-state index contributed by atoms with van der Waals surface area (Å²) in [5, 5.41) is 5.24. The topological polar surface area (TPSA) is 71.5 Å². The number of amides is 2. The van der Waals surface area contributed by atoms with Crippen LogP contribution < -0.4 is 5.32 Å². The van der Waals surface area contributed by atoms with Gasteiger partial charge < -0.3 is 15.0 Å². The Balaban J connectivity index is 1.38. The fourth-order valence-corrected chi connectivity index (χ4v) is 6.11. The molecule has 3 heterocycles. The van der Waals surface area contributed by atoms with E-state index in [0.717, 1.165) is 23.3 Å². The van der Waals surface area contributed by atoms with Gasteiger partial charge in [0.05, 0.1) is 17.7 Å². The van der Waals surface area contributed by atoms with E-state index in [1.807, 2.05) is 41.5 Å². The van der Waals surface area contributed by atoms with Gasteiger partial charge in [-0.1, -0.05) is 30.3 Å².